The lowest BCUT2D eigenvalue weighted by Gasteiger charge is -2.38. The zero-order chi connectivity index (χ0) is 22.5. The highest BCUT2D eigenvalue weighted by molar-refractivity contribution is 5.86. The molecule has 0 aliphatic carbocycles. The molecule has 172 valence electrons. The van der Waals surface area contributed by atoms with Crippen LogP contribution >= 0.6 is 0 Å². The van der Waals surface area contributed by atoms with E-state index in [1.807, 2.05) is 47.5 Å². The van der Waals surface area contributed by atoms with E-state index in [1.54, 1.807) is 13.8 Å². The van der Waals surface area contributed by atoms with Crippen LogP contribution in [0, 0.1) is 0 Å². The van der Waals surface area contributed by atoms with Crippen molar-refractivity contribution in [2.24, 2.45) is 5.73 Å². The first-order valence-corrected chi connectivity index (χ1v) is 10.5. The molecule has 3 aromatic heterocycles. The summed E-state index contributed by atoms with van der Waals surface area (Å²) in [5.41, 5.74) is 16.5. The maximum atomic E-state index is 12.4. The van der Waals surface area contributed by atoms with E-state index in [0.29, 0.717) is 24.2 Å². The predicted octanol–water partition coefficient (Wildman–Crippen LogP) is 3.04. The number of pyridine rings is 2. The van der Waals surface area contributed by atoms with Crippen LogP contribution in [0.4, 0.5) is 11.7 Å². The molecule has 0 radical (unpaired) electrons. The summed E-state index contributed by atoms with van der Waals surface area (Å²) in [6, 6.07) is 11.8. The van der Waals surface area contributed by atoms with E-state index in [0.717, 1.165) is 41.1 Å². The van der Waals surface area contributed by atoms with Crippen LogP contribution < -0.4 is 16.4 Å². The number of carbonyl (C=O) groups is 1. The third-order valence-electron chi connectivity index (χ3n) is 5.71. The molecule has 0 saturated carbocycles. The minimum absolute atomic E-state index is 0. The Morgan fingerprint density at radius 2 is 1.76 bits per heavy atom. The number of carbonyl (C=O) groups excluding carboxylic acids is 1. The summed E-state index contributed by atoms with van der Waals surface area (Å²) in [5.74, 6) is -0.0223. The van der Waals surface area contributed by atoms with Gasteiger partial charge in [-0.2, -0.15) is 4.98 Å². The van der Waals surface area contributed by atoms with E-state index in [-0.39, 0.29) is 19.3 Å². The van der Waals surface area contributed by atoms with Gasteiger partial charge in [0, 0.05) is 31.7 Å². The van der Waals surface area contributed by atoms with Gasteiger partial charge in [0.05, 0.1) is 34.2 Å². The molecule has 1 fully saturated rings. The van der Waals surface area contributed by atoms with Crippen LogP contribution in [-0.2, 0) is 4.79 Å². The molecule has 4 heterocycles. The van der Waals surface area contributed by atoms with Crippen molar-refractivity contribution in [1.82, 2.24) is 19.9 Å². The molecular formula is C24H29N7O2. The summed E-state index contributed by atoms with van der Waals surface area (Å²) >= 11 is 0. The minimum Gasteiger partial charge on any atom is -0.424 e. The lowest BCUT2D eigenvalue weighted by molar-refractivity contribution is -0.136. The molecule has 0 atom stereocenters. The molecule has 1 amide bonds. The first-order chi connectivity index (χ1) is 15.3. The van der Waals surface area contributed by atoms with Crippen LogP contribution in [0.3, 0.4) is 0 Å². The second-order valence-corrected chi connectivity index (χ2v) is 8.66. The third-order valence-corrected chi connectivity index (χ3v) is 5.71. The van der Waals surface area contributed by atoms with E-state index in [9.17, 15) is 4.79 Å². The van der Waals surface area contributed by atoms with Crippen LogP contribution in [0.5, 0.6) is 0 Å². The molecule has 0 spiro atoms. The number of fused-ring (bicyclic) bond motifs is 2. The van der Waals surface area contributed by atoms with Crippen molar-refractivity contribution in [1.29, 1.82) is 0 Å². The standard InChI is InChI=1S/C23H25N7O2.CH4/c1-23(2,25)21(31)30-9-7-29(8-10-30)15-12-18-17(26-13-15)5-4-16(27-18)14-3-6-20-19(11-14)28-22(24)32-20;/h3-6,11-13H,7-10,25H2,1-2H3,(H2,24,28);1H4. The number of piperazine rings is 1. The predicted molar refractivity (Wildman–Crippen MR) is 131 cm³/mol. The van der Waals surface area contributed by atoms with Crippen LogP contribution in [-0.4, -0.2) is 57.5 Å². The van der Waals surface area contributed by atoms with Gasteiger partial charge < -0.3 is 25.7 Å². The Bertz CT molecular complexity index is 1320. The SMILES string of the molecule is C.CC(C)(N)C(=O)N1CCN(c2cnc3ccc(-c4ccc5oc(N)nc5c4)nc3c2)CC1. The van der Waals surface area contributed by atoms with Crippen LogP contribution in [0.2, 0.25) is 0 Å². The molecule has 0 unspecified atom stereocenters. The zero-order valence-corrected chi connectivity index (χ0v) is 18.1. The number of oxazole rings is 1. The largest absolute Gasteiger partial charge is 0.424 e. The van der Waals surface area contributed by atoms with E-state index in [2.05, 4.69) is 14.9 Å². The lowest BCUT2D eigenvalue weighted by atomic mass is 10.0. The molecule has 1 aromatic carbocycles. The van der Waals surface area contributed by atoms with Crippen molar-refractivity contribution >= 4 is 39.7 Å². The fourth-order valence-electron chi connectivity index (χ4n) is 4.01. The summed E-state index contributed by atoms with van der Waals surface area (Å²) in [6.07, 6.45) is 1.86. The second kappa shape index (κ2) is 8.32. The molecule has 4 N–H and O–H groups in total. The van der Waals surface area contributed by atoms with Crippen molar-refractivity contribution in [2.45, 2.75) is 26.8 Å². The molecule has 33 heavy (non-hydrogen) atoms. The Labute approximate surface area is 192 Å². The number of nitrogens with two attached hydrogens (primary N) is 2. The smallest absolute Gasteiger partial charge is 0.292 e. The van der Waals surface area contributed by atoms with Crippen LogP contribution in [0.1, 0.15) is 21.3 Å². The van der Waals surface area contributed by atoms with Gasteiger partial charge in [-0.15, -0.1) is 0 Å². The normalized spacial score (nSPS) is 14.5. The Hall–Kier alpha value is -3.72. The average Bonchev–Trinajstić information content (AvgIpc) is 3.16. The number of nitrogens with zero attached hydrogens (tertiary/aromatic N) is 5. The monoisotopic (exact) mass is 447 g/mol. The van der Waals surface area contributed by atoms with Gasteiger partial charge in [-0.05, 0) is 50.2 Å². The number of benzene rings is 1. The van der Waals surface area contributed by atoms with Crippen molar-refractivity contribution < 1.29 is 9.21 Å². The number of hydrogen-bond acceptors (Lipinski definition) is 8. The molecule has 9 nitrogen and oxygen atoms in total. The number of hydrogen-bond donors (Lipinski definition) is 2. The van der Waals surface area contributed by atoms with Crippen molar-refractivity contribution in [3.05, 3.63) is 42.6 Å². The summed E-state index contributed by atoms with van der Waals surface area (Å²) in [4.78, 5) is 30.1. The molecule has 1 saturated heterocycles. The number of aromatic nitrogens is 3. The fourth-order valence-corrected chi connectivity index (χ4v) is 4.01. The second-order valence-electron chi connectivity index (χ2n) is 8.66. The number of rotatable bonds is 3. The van der Waals surface area contributed by atoms with Gasteiger partial charge in [0.2, 0.25) is 5.91 Å². The number of amides is 1. The zero-order valence-electron chi connectivity index (χ0n) is 18.1. The van der Waals surface area contributed by atoms with Crippen LogP contribution in [0.15, 0.2) is 47.0 Å². The number of nitrogen functional groups attached to an aromatic ring is 1. The molecule has 5 rings (SSSR count). The van der Waals surface area contributed by atoms with Crippen molar-refractivity contribution in [3.8, 4) is 11.3 Å². The van der Waals surface area contributed by atoms with Gasteiger partial charge in [-0.3, -0.25) is 9.78 Å². The highest BCUT2D eigenvalue weighted by Crippen LogP contribution is 2.27. The van der Waals surface area contributed by atoms with Crippen molar-refractivity contribution in [2.75, 3.05) is 36.8 Å². The van der Waals surface area contributed by atoms with Gasteiger partial charge >= 0.3 is 0 Å². The summed E-state index contributed by atoms with van der Waals surface area (Å²) in [7, 11) is 0. The van der Waals surface area contributed by atoms with Gasteiger partial charge in [0.25, 0.3) is 6.01 Å². The van der Waals surface area contributed by atoms with Crippen molar-refractivity contribution in [3.63, 3.8) is 0 Å². The molecule has 4 aromatic rings. The average molecular weight is 448 g/mol. The Morgan fingerprint density at radius 1 is 1.00 bits per heavy atom. The molecule has 9 heteroatoms. The fraction of sp³-hybridized carbons (Fsp3) is 0.333. The molecule has 0 bridgehead atoms. The molecular weight excluding hydrogens is 418 g/mol. The van der Waals surface area contributed by atoms with E-state index in [1.165, 1.54) is 0 Å². The van der Waals surface area contributed by atoms with Crippen LogP contribution in [0.25, 0.3) is 33.4 Å². The maximum absolute atomic E-state index is 12.4. The summed E-state index contributed by atoms with van der Waals surface area (Å²) < 4.78 is 5.35. The number of anilines is 2. The lowest BCUT2D eigenvalue weighted by Crippen LogP contribution is -2.57. The Balaban J connectivity index is 0.00000259. The highest BCUT2D eigenvalue weighted by Gasteiger charge is 2.30. The highest BCUT2D eigenvalue weighted by atomic mass is 16.4. The molecule has 1 aliphatic rings. The first-order valence-electron chi connectivity index (χ1n) is 10.5. The van der Waals surface area contributed by atoms with Gasteiger partial charge in [0.15, 0.2) is 5.58 Å². The molecule has 1 aliphatic heterocycles. The van der Waals surface area contributed by atoms with Gasteiger partial charge in [-0.25, -0.2) is 4.98 Å². The Morgan fingerprint density at radius 3 is 2.48 bits per heavy atom. The summed E-state index contributed by atoms with van der Waals surface area (Å²) in [6.45, 7) is 6.19. The quantitative estimate of drug-likeness (QED) is 0.490. The van der Waals surface area contributed by atoms with Gasteiger partial charge in [-0.1, -0.05) is 7.43 Å². The minimum atomic E-state index is -0.853. The van der Waals surface area contributed by atoms with E-state index >= 15 is 0 Å². The maximum Gasteiger partial charge on any atom is 0.292 e. The topological polar surface area (TPSA) is 127 Å². The summed E-state index contributed by atoms with van der Waals surface area (Å²) in [5, 5.41) is 0. The van der Waals surface area contributed by atoms with E-state index in [4.69, 9.17) is 20.9 Å². The third kappa shape index (κ3) is 4.31. The van der Waals surface area contributed by atoms with E-state index < -0.39 is 5.54 Å². The first kappa shape index (κ1) is 22.5. The van der Waals surface area contributed by atoms with Gasteiger partial charge in [0.1, 0.15) is 5.52 Å². The Kier molecular flexibility index (Phi) is 5.67.